The molecule has 1 rings (SSSR count). The highest BCUT2D eigenvalue weighted by atomic mass is 16.3. The van der Waals surface area contributed by atoms with Crippen LogP contribution in [0.3, 0.4) is 0 Å². The average molecular weight is 191 g/mol. The molecule has 13 heavy (non-hydrogen) atoms. The van der Waals surface area contributed by atoms with Gasteiger partial charge in [-0.05, 0) is 7.05 Å². The van der Waals surface area contributed by atoms with Crippen molar-refractivity contribution in [2.24, 2.45) is 0 Å². The van der Waals surface area contributed by atoms with Crippen molar-refractivity contribution in [2.75, 3.05) is 20.3 Å². The van der Waals surface area contributed by atoms with Gasteiger partial charge in [-0.2, -0.15) is 0 Å². The van der Waals surface area contributed by atoms with E-state index < -0.39 is 12.2 Å². The van der Waals surface area contributed by atoms with E-state index in [2.05, 4.69) is 0 Å². The van der Waals surface area contributed by atoms with Crippen molar-refractivity contribution in [1.29, 1.82) is 0 Å². The summed E-state index contributed by atoms with van der Waals surface area (Å²) in [4.78, 5) is 1.62. The van der Waals surface area contributed by atoms with Crippen molar-refractivity contribution in [3.8, 4) is 0 Å². The number of likely N-dealkylation sites (N-methyl/N-ethyl adjacent to an activating group) is 1. The molecule has 5 heteroatoms. The van der Waals surface area contributed by atoms with Crippen LogP contribution in [-0.2, 0) is 0 Å². The highest BCUT2D eigenvalue weighted by Gasteiger charge is 2.38. The Morgan fingerprint density at radius 3 is 1.77 bits per heavy atom. The first kappa shape index (κ1) is 10.9. The van der Waals surface area contributed by atoms with Gasteiger partial charge < -0.3 is 20.4 Å². The Labute approximate surface area is 77.2 Å². The lowest BCUT2D eigenvalue weighted by atomic mass is 9.92. The molecule has 1 saturated heterocycles. The van der Waals surface area contributed by atoms with E-state index in [1.807, 2.05) is 0 Å². The highest BCUT2D eigenvalue weighted by molar-refractivity contribution is 4.92. The molecule has 1 aliphatic heterocycles. The zero-order valence-electron chi connectivity index (χ0n) is 7.67. The lowest BCUT2D eigenvalue weighted by Gasteiger charge is -2.43. The summed E-state index contributed by atoms with van der Waals surface area (Å²) in [5.41, 5.74) is 0. The third kappa shape index (κ3) is 2.00. The van der Waals surface area contributed by atoms with Gasteiger partial charge in [-0.15, -0.1) is 0 Å². The third-order valence-electron chi connectivity index (χ3n) is 2.79. The van der Waals surface area contributed by atoms with Crippen molar-refractivity contribution in [3.05, 3.63) is 0 Å². The molecular formula is C8H17NO4. The minimum Gasteiger partial charge on any atom is -0.395 e. The van der Waals surface area contributed by atoms with E-state index in [1.54, 1.807) is 11.9 Å². The number of aliphatic hydroxyl groups is 4. The van der Waals surface area contributed by atoms with Crippen LogP contribution in [0.25, 0.3) is 0 Å². The van der Waals surface area contributed by atoms with Crippen molar-refractivity contribution >= 4 is 0 Å². The lowest BCUT2D eigenvalue weighted by molar-refractivity contribution is -0.101. The molecule has 0 aromatic heterocycles. The van der Waals surface area contributed by atoms with Crippen molar-refractivity contribution in [2.45, 2.75) is 30.7 Å². The quantitative estimate of drug-likeness (QED) is 0.397. The Balaban J connectivity index is 2.69. The van der Waals surface area contributed by atoms with E-state index in [0.717, 1.165) is 0 Å². The molecule has 78 valence electrons. The number of hydrogen-bond acceptors (Lipinski definition) is 5. The third-order valence-corrected chi connectivity index (χ3v) is 2.79. The van der Waals surface area contributed by atoms with Gasteiger partial charge in [-0.3, -0.25) is 4.90 Å². The number of hydrogen-bond donors (Lipinski definition) is 4. The normalized spacial score (nSPS) is 42.2. The lowest BCUT2D eigenvalue weighted by Crippen LogP contribution is -2.60. The summed E-state index contributed by atoms with van der Waals surface area (Å²) in [5, 5.41) is 36.9. The maximum absolute atomic E-state index is 9.48. The monoisotopic (exact) mass is 191 g/mol. The van der Waals surface area contributed by atoms with Crippen LogP contribution in [0.5, 0.6) is 0 Å². The summed E-state index contributed by atoms with van der Waals surface area (Å²) < 4.78 is 0. The van der Waals surface area contributed by atoms with E-state index in [1.165, 1.54) is 0 Å². The van der Waals surface area contributed by atoms with Gasteiger partial charge >= 0.3 is 0 Å². The molecule has 0 aliphatic carbocycles. The molecule has 0 bridgehead atoms. The molecule has 0 amide bonds. The molecule has 0 aromatic rings. The average Bonchev–Trinajstić information content (AvgIpc) is 2.04. The fourth-order valence-electron chi connectivity index (χ4n) is 1.85. The summed E-state index contributed by atoms with van der Waals surface area (Å²) in [6, 6.07) is -0.777. The van der Waals surface area contributed by atoms with E-state index in [-0.39, 0.29) is 31.7 Å². The number of aliphatic hydroxyl groups excluding tert-OH is 4. The summed E-state index contributed by atoms with van der Waals surface area (Å²) in [5.74, 6) is 0. The minimum absolute atomic E-state index is 0.166. The maximum atomic E-state index is 9.48. The molecule has 5 nitrogen and oxygen atoms in total. The van der Waals surface area contributed by atoms with Crippen molar-refractivity contribution in [3.63, 3.8) is 0 Å². The van der Waals surface area contributed by atoms with Crippen molar-refractivity contribution in [1.82, 2.24) is 4.90 Å². The fourth-order valence-corrected chi connectivity index (χ4v) is 1.85. The second-order valence-corrected chi connectivity index (χ2v) is 3.54. The van der Waals surface area contributed by atoms with Gasteiger partial charge in [0.1, 0.15) is 0 Å². The van der Waals surface area contributed by atoms with E-state index in [0.29, 0.717) is 0 Å². The molecule has 0 aromatic carbocycles. The summed E-state index contributed by atoms with van der Waals surface area (Å²) in [6.07, 6.45) is -1.25. The molecular weight excluding hydrogens is 174 g/mol. The van der Waals surface area contributed by atoms with Gasteiger partial charge in [0, 0.05) is 6.42 Å². The summed E-state index contributed by atoms with van der Waals surface area (Å²) in [7, 11) is 1.67. The van der Waals surface area contributed by atoms with Gasteiger partial charge in [0.05, 0.1) is 37.5 Å². The van der Waals surface area contributed by atoms with Gasteiger partial charge in [0.25, 0.3) is 0 Å². The Kier molecular flexibility index (Phi) is 3.63. The predicted molar refractivity (Wildman–Crippen MR) is 46.1 cm³/mol. The number of piperidine rings is 1. The molecule has 0 saturated carbocycles. The molecule has 0 spiro atoms. The summed E-state index contributed by atoms with van der Waals surface area (Å²) >= 11 is 0. The van der Waals surface area contributed by atoms with Crippen LogP contribution in [0.4, 0.5) is 0 Å². The van der Waals surface area contributed by atoms with Gasteiger partial charge in [0.2, 0.25) is 0 Å². The first-order valence-corrected chi connectivity index (χ1v) is 4.41. The van der Waals surface area contributed by atoms with Crippen LogP contribution in [0.15, 0.2) is 0 Å². The Hall–Kier alpha value is -0.200. The van der Waals surface area contributed by atoms with Crippen LogP contribution in [0.2, 0.25) is 0 Å². The molecule has 1 fully saturated rings. The van der Waals surface area contributed by atoms with Crippen LogP contribution in [0.1, 0.15) is 6.42 Å². The maximum Gasteiger partial charge on any atom is 0.0743 e. The zero-order chi connectivity index (χ0) is 10.0. The topological polar surface area (TPSA) is 84.2 Å². The molecule has 4 atom stereocenters. The van der Waals surface area contributed by atoms with Crippen LogP contribution < -0.4 is 0 Å². The standard InChI is InChI=1S/C8H17NO4/c1-9-5(3-10)7(12)2-8(13)6(9)4-11/h5-8,10-13H,2-4H2,1H3. The van der Waals surface area contributed by atoms with E-state index >= 15 is 0 Å². The largest absolute Gasteiger partial charge is 0.395 e. The van der Waals surface area contributed by atoms with Crippen LogP contribution in [-0.4, -0.2) is 69.9 Å². The first-order chi connectivity index (χ1) is 6.11. The molecule has 4 unspecified atom stereocenters. The van der Waals surface area contributed by atoms with Gasteiger partial charge in [-0.1, -0.05) is 0 Å². The first-order valence-electron chi connectivity index (χ1n) is 4.41. The second-order valence-electron chi connectivity index (χ2n) is 3.54. The molecule has 0 radical (unpaired) electrons. The SMILES string of the molecule is CN1C(CO)C(O)CC(O)C1CO. The molecule has 4 N–H and O–H groups in total. The fraction of sp³-hybridized carbons (Fsp3) is 1.00. The number of nitrogens with zero attached hydrogens (tertiary/aromatic N) is 1. The number of rotatable bonds is 2. The highest BCUT2D eigenvalue weighted by Crippen LogP contribution is 2.21. The van der Waals surface area contributed by atoms with Gasteiger partial charge in [0.15, 0.2) is 0 Å². The second kappa shape index (κ2) is 4.34. The summed E-state index contributed by atoms with van der Waals surface area (Å²) in [6.45, 7) is -0.332. The van der Waals surface area contributed by atoms with Crippen LogP contribution >= 0.6 is 0 Å². The molecule has 1 heterocycles. The zero-order valence-corrected chi connectivity index (χ0v) is 7.67. The van der Waals surface area contributed by atoms with E-state index in [4.69, 9.17) is 10.2 Å². The van der Waals surface area contributed by atoms with Crippen molar-refractivity contribution < 1.29 is 20.4 Å². The predicted octanol–water partition coefficient (Wildman–Crippen LogP) is -2.23. The Bertz CT molecular complexity index is 150. The van der Waals surface area contributed by atoms with E-state index in [9.17, 15) is 10.2 Å². The Morgan fingerprint density at radius 2 is 1.46 bits per heavy atom. The Morgan fingerprint density at radius 1 is 1.08 bits per heavy atom. The number of likely N-dealkylation sites (tertiary alicyclic amines) is 1. The smallest absolute Gasteiger partial charge is 0.0743 e. The van der Waals surface area contributed by atoms with Crippen LogP contribution in [0, 0.1) is 0 Å². The minimum atomic E-state index is -0.729. The molecule has 1 aliphatic rings. The van der Waals surface area contributed by atoms with Gasteiger partial charge in [-0.25, -0.2) is 0 Å².